The van der Waals surface area contributed by atoms with Gasteiger partial charge in [0.25, 0.3) is 0 Å². The van der Waals surface area contributed by atoms with Crippen LogP contribution in [-0.4, -0.2) is 24.6 Å². The molecule has 1 aromatic heterocycles. The van der Waals surface area contributed by atoms with Gasteiger partial charge in [-0.2, -0.15) is 0 Å². The molecule has 0 amide bonds. The van der Waals surface area contributed by atoms with Crippen LogP contribution in [0.5, 0.6) is 0 Å². The second-order valence-electron chi connectivity index (χ2n) is 5.00. The lowest BCUT2D eigenvalue weighted by Gasteiger charge is -2.12. The molecule has 0 bridgehead atoms. The largest absolute Gasteiger partial charge is 0.316 e. The molecule has 1 aliphatic rings. The normalized spacial score (nSPS) is 21.9. The van der Waals surface area contributed by atoms with E-state index >= 15 is 0 Å². The van der Waals surface area contributed by atoms with E-state index in [9.17, 15) is 0 Å². The molecule has 0 aromatic carbocycles. The lowest BCUT2D eigenvalue weighted by atomic mass is 10.0. The van der Waals surface area contributed by atoms with Crippen LogP contribution in [0.25, 0.3) is 0 Å². The number of thiazole rings is 1. The molecule has 3 nitrogen and oxygen atoms in total. The third kappa shape index (κ3) is 4.05. The third-order valence-electron chi connectivity index (χ3n) is 3.41. The Balaban J connectivity index is 1.61. The van der Waals surface area contributed by atoms with Crippen LogP contribution in [-0.2, 0) is 0 Å². The Bertz CT molecular complexity index is 331. The minimum Gasteiger partial charge on any atom is -0.316 e. The zero-order valence-corrected chi connectivity index (χ0v) is 11.6. The zero-order valence-electron chi connectivity index (χ0n) is 10.8. The molecule has 2 rings (SSSR count). The molecule has 2 heterocycles. The Morgan fingerprint density at radius 1 is 1.65 bits per heavy atom. The van der Waals surface area contributed by atoms with Gasteiger partial charge in [-0.25, -0.2) is 4.98 Å². The minimum atomic E-state index is 0.399. The first-order valence-electron chi connectivity index (χ1n) is 6.62. The molecule has 4 heteroatoms. The molecule has 0 saturated carbocycles. The first-order valence-corrected chi connectivity index (χ1v) is 7.50. The van der Waals surface area contributed by atoms with Crippen LogP contribution in [0.15, 0.2) is 5.38 Å². The van der Waals surface area contributed by atoms with E-state index in [4.69, 9.17) is 0 Å². The summed E-state index contributed by atoms with van der Waals surface area (Å²) >= 11 is 1.76. The monoisotopic (exact) mass is 253 g/mol. The van der Waals surface area contributed by atoms with Crippen molar-refractivity contribution in [3.8, 4) is 0 Å². The van der Waals surface area contributed by atoms with Gasteiger partial charge >= 0.3 is 0 Å². The molecule has 1 saturated heterocycles. The van der Waals surface area contributed by atoms with E-state index in [1.807, 2.05) is 0 Å². The molecule has 1 fully saturated rings. The molecule has 96 valence electrons. The molecular formula is C13H23N3S. The molecule has 2 unspecified atom stereocenters. The predicted octanol–water partition coefficient (Wildman–Crippen LogP) is 2.49. The number of nitrogens with zero attached hydrogens (tertiary/aromatic N) is 1. The second-order valence-corrected chi connectivity index (χ2v) is 5.89. The van der Waals surface area contributed by atoms with Gasteiger partial charge in [0.15, 0.2) is 0 Å². The summed E-state index contributed by atoms with van der Waals surface area (Å²) in [6, 6.07) is 0.399. The molecule has 0 spiro atoms. The standard InChI is InChI=1S/C13H23N3S/c1-10-9-17-13(16-10)11(2)15-6-3-4-12-5-7-14-8-12/h9,11-12,14-15H,3-8H2,1-2H3. The van der Waals surface area contributed by atoms with Crippen molar-refractivity contribution in [3.05, 3.63) is 16.1 Å². The summed E-state index contributed by atoms with van der Waals surface area (Å²) in [5.74, 6) is 0.911. The lowest BCUT2D eigenvalue weighted by Crippen LogP contribution is -2.20. The summed E-state index contributed by atoms with van der Waals surface area (Å²) in [5.41, 5.74) is 1.13. The molecule has 2 atom stereocenters. The van der Waals surface area contributed by atoms with Crippen LogP contribution in [0.1, 0.15) is 42.9 Å². The van der Waals surface area contributed by atoms with Crippen molar-refractivity contribution >= 4 is 11.3 Å². The highest BCUT2D eigenvalue weighted by molar-refractivity contribution is 7.09. The highest BCUT2D eigenvalue weighted by atomic mass is 32.1. The van der Waals surface area contributed by atoms with Gasteiger partial charge in [-0.1, -0.05) is 0 Å². The molecule has 2 N–H and O–H groups in total. The van der Waals surface area contributed by atoms with E-state index in [-0.39, 0.29) is 0 Å². The van der Waals surface area contributed by atoms with Gasteiger partial charge in [-0.15, -0.1) is 11.3 Å². The van der Waals surface area contributed by atoms with Gasteiger partial charge in [-0.05, 0) is 58.7 Å². The summed E-state index contributed by atoms with van der Waals surface area (Å²) in [6.45, 7) is 7.81. The van der Waals surface area contributed by atoms with E-state index in [2.05, 4.69) is 34.8 Å². The average Bonchev–Trinajstić information content (AvgIpc) is 2.95. The van der Waals surface area contributed by atoms with E-state index in [1.165, 1.54) is 37.4 Å². The lowest BCUT2D eigenvalue weighted by molar-refractivity contribution is 0.473. The maximum absolute atomic E-state index is 4.51. The second kappa shape index (κ2) is 6.47. The fraction of sp³-hybridized carbons (Fsp3) is 0.769. The molecule has 0 aliphatic carbocycles. The Kier molecular flexibility index (Phi) is 4.95. The smallest absolute Gasteiger partial charge is 0.110 e. The van der Waals surface area contributed by atoms with Crippen molar-refractivity contribution in [1.29, 1.82) is 0 Å². The Morgan fingerprint density at radius 3 is 3.18 bits per heavy atom. The van der Waals surface area contributed by atoms with Crippen LogP contribution >= 0.6 is 11.3 Å². The van der Waals surface area contributed by atoms with Crippen LogP contribution in [0.4, 0.5) is 0 Å². The van der Waals surface area contributed by atoms with E-state index in [0.717, 1.165) is 18.2 Å². The van der Waals surface area contributed by atoms with Crippen molar-refractivity contribution < 1.29 is 0 Å². The fourth-order valence-electron chi connectivity index (χ4n) is 2.33. The quantitative estimate of drug-likeness (QED) is 0.765. The first kappa shape index (κ1) is 13.0. The topological polar surface area (TPSA) is 37.0 Å². The fourth-order valence-corrected chi connectivity index (χ4v) is 3.16. The zero-order chi connectivity index (χ0) is 12.1. The molecule has 1 aromatic rings. The van der Waals surface area contributed by atoms with Crippen LogP contribution in [0, 0.1) is 12.8 Å². The van der Waals surface area contributed by atoms with Gasteiger partial charge < -0.3 is 10.6 Å². The summed E-state index contributed by atoms with van der Waals surface area (Å²) in [4.78, 5) is 4.51. The third-order valence-corrected chi connectivity index (χ3v) is 4.55. The highest BCUT2D eigenvalue weighted by Crippen LogP contribution is 2.18. The number of nitrogens with one attached hydrogen (secondary N) is 2. The van der Waals surface area contributed by atoms with Gasteiger partial charge in [0, 0.05) is 11.1 Å². The van der Waals surface area contributed by atoms with E-state index in [1.54, 1.807) is 11.3 Å². The minimum absolute atomic E-state index is 0.399. The predicted molar refractivity (Wildman–Crippen MR) is 73.5 cm³/mol. The maximum Gasteiger partial charge on any atom is 0.110 e. The Morgan fingerprint density at radius 2 is 2.53 bits per heavy atom. The van der Waals surface area contributed by atoms with E-state index < -0.39 is 0 Å². The Hall–Kier alpha value is -0.450. The van der Waals surface area contributed by atoms with Gasteiger partial charge in [-0.3, -0.25) is 0 Å². The highest BCUT2D eigenvalue weighted by Gasteiger charge is 2.14. The summed E-state index contributed by atoms with van der Waals surface area (Å²) < 4.78 is 0. The summed E-state index contributed by atoms with van der Waals surface area (Å²) in [6.07, 6.45) is 3.99. The Labute approximate surface area is 108 Å². The number of aromatic nitrogens is 1. The average molecular weight is 253 g/mol. The maximum atomic E-state index is 4.51. The number of hydrogen-bond donors (Lipinski definition) is 2. The van der Waals surface area contributed by atoms with Crippen molar-refractivity contribution in [2.45, 2.75) is 39.2 Å². The molecule has 17 heavy (non-hydrogen) atoms. The van der Waals surface area contributed by atoms with Gasteiger partial charge in [0.05, 0.1) is 6.04 Å². The van der Waals surface area contributed by atoms with Crippen molar-refractivity contribution in [3.63, 3.8) is 0 Å². The molecular weight excluding hydrogens is 230 g/mol. The summed E-state index contributed by atoms with van der Waals surface area (Å²) in [7, 11) is 0. The number of hydrogen-bond acceptors (Lipinski definition) is 4. The van der Waals surface area contributed by atoms with Crippen LogP contribution < -0.4 is 10.6 Å². The van der Waals surface area contributed by atoms with Crippen molar-refractivity contribution in [2.24, 2.45) is 5.92 Å². The molecule has 0 radical (unpaired) electrons. The van der Waals surface area contributed by atoms with Gasteiger partial charge in [0.2, 0.25) is 0 Å². The van der Waals surface area contributed by atoms with Crippen LogP contribution in [0.2, 0.25) is 0 Å². The van der Waals surface area contributed by atoms with Gasteiger partial charge in [0.1, 0.15) is 5.01 Å². The SMILES string of the molecule is Cc1csc(C(C)NCCCC2CCNC2)n1. The van der Waals surface area contributed by atoms with E-state index in [0.29, 0.717) is 6.04 Å². The number of aryl methyl sites for hydroxylation is 1. The number of rotatable bonds is 6. The van der Waals surface area contributed by atoms with Crippen molar-refractivity contribution in [2.75, 3.05) is 19.6 Å². The first-order chi connectivity index (χ1) is 8.25. The summed E-state index contributed by atoms with van der Waals surface area (Å²) in [5, 5.41) is 10.3. The van der Waals surface area contributed by atoms with Crippen molar-refractivity contribution in [1.82, 2.24) is 15.6 Å². The molecule has 1 aliphatic heterocycles. The van der Waals surface area contributed by atoms with Crippen LogP contribution in [0.3, 0.4) is 0 Å².